The first-order valence-electron chi connectivity index (χ1n) is 9.71. The number of hydrogen-bond acceptors (Lipinski definition) is 5. The van der Waals surface area contributed by atoms with Crippen molar-refractivity contribution in [2.75, 3.05) is 0 Å². The fraction of sp³-hybridized carbons (Fsp3) is 0.0800. The molecule has 156 valence electrons. The molecule has 0 aromatic heterocycles. The molecule has 1 N–H and O–H groups in total. The van der Waals surface area contributed by atoms with Crippen LogP contribution in [0.3, 0.4) is 0 Å². The van der Waals surface area contributed by atoms with E-state index in [9.17, 15) is 9.90 Å². The summed E-state index contributed by atoms with van der Waals surface area (Å²) in [4.78, 5) is 12.2. The zero-order valence-electron chi connectivity index (χ0n) is 16.7. The number of ether oxygens (including phenoxy) is 3. The first-order chi connectivity index (χ1) is 15.1. The van der Waals surface area contributed by atoms with Crippen molar-refractivity contribution in [1.29, 1.82) is 0 Å². The summed E-state index contributed by atoms with van der Waals surface area (Å²) in [6.07, 6.45) is 0.162. The van der Waals surface area contributed by atoms with Gasteiger partial charge in [0.25, 0.3) is 0 Å². The maximum absolute atomic E-state index is 12.2. The first kappa shape index (κ1) is 20.6. The summed E-state index contributed by atoms with van der Waals surface area (Å²) in [6.45, 7) is 1.70. The second-order valence-corrected chi connectivity index (χ2v) is 7.12. The molecule has 0 fully saturated rings. The van der Waals surface area contributed by atoms with E-state index in [1.165, 1.54) is 0 Å². The van der Waals surface area contributed by atoms with Crippen molar-refractivity contribution in [3.05, 3.63) is 83.9 Å². The molecule has 4 aromatic carbocycles. The van der Waals surface area contributed by atoms with Gasteiger partial charge in [-0.1, -0.05) is 54.9 Å². The third-order valence-electron chi connectivity index (χ3n) is 4.54. The van der Waals surface area contributed by atoms with E-state index in [1.807, 2.05) is 24.3 Å². The SMILES string of the molecule is CCC(=O)Oc1c(Oc2ccccc2)c(Oc2ccccc2)c(O)c2cc(Cl)ccc12. The molecule has 0 saturated carbocycles. The van der Waals surface area contributed by atoms with E-state index in [-0.39, 0.29) is 29.4 Å². The van der Waals surface area contributed by atoms with E-state index in [0.29, 0.717) is 27.3 Å². The molecule has 0 unspecified atom stereocenters. The lowest BCUT2D eigenvalue weighted by molar-refractivity contribution is -0.134. The van der Waals surface area contributed by atoms with E-state index < -0.39 is 5.97 Å². The highest BCUT2D eigenvalue weighted by Gasteiger charge is 2.26. The molecule has 0 aliphatic heterocycles. The van der Waals surface area contributed by atoms with E-state index >= 15 is 0 Å². The summed E-state index contributed by atoms with van der Waals surface area (Å²) >= 11 is 6.17. The molecule has 0 heterocycles. The van der Waals surface area contributed by atoms with Crippen LogP contribution in [-0.4, -0.2) is 11.1 Å². The van der Waals surface area contributed by atoms with Gasteiger partial charge in [-0.3, -0.25) is 4.79 Å². The Morgan fingerprint density at radius 2 is 1.39 bits per heavy atom. The number of phenolic OH excluding ortho intramolecular Hbond substituents is 1. The average molecular weight is 435 g/mol. The van der Waals surface area contributed by atoms with Crippen LogP contribution < -0.4 is 14.2 Å². The number of halogens is 1. The number of para-hydroxylation sites is 2. The van der Waals surface area contributed by atoms with Crippen molar-refractivity contribution in [3.63, 3.8) is 0 Å². The molecule has 0 spiro atoms. The molecule has 0 aliphatic carbocycles. The summed E-state index contributed by atoms with van der Waals surface area (Å²) in [5, 5.41) is 12.4. The van der Waals surface area contributed by atoms with Crippen LogP contribution in [0.5, 0.6) is 34.5 Å². The highest BCUT2D eigenvalue weighted by atomic mass is 35.5. The van der Waals surface area contributed by atoms with Crippen LogP contribution in [0.15, 0.2) is 78.9 Å². The van der Waals surface area contributed by atoms with Crippen LogP contribution in [0, 0.1) is 0 Å². The lowest BCUT2D eigenvalue weighted by Gasteiger charge is -2.19. The smallest absolute Gasteiger partial charge is 0.311 e. The summed E-state index contributed by atoms with van der Waals surface area (Å²) in [5.74, 6) is 0.583. The van der Waals surface area contributed by atoms with Crippen molar-refractivity contribution in [3.8, 4) is 34.5 Å². The molecule has 6 heteroatoms. The monoisotopic (exact) mass is 434 g/mol. The van der Waals surface area contributed by atoms with E-state index in [0.717, 1.165) is 0 Å². The number of esters is 1. The van der Waals surface area contributed by atoms with Gasteiger partial charge in [-0.15, -0.1) is 0 Å². The van der Waals surface area contributed by atoms with Crippen LogP contribution in [-0.2, 0) is 4.79 Å². The van der Waals surface area contributed by atoms with E-state index in [1.54, 1.807) is 61.5 Å². The fourth-order valence-corrected chi connectivity index (χ4v) is 3.23. The lowest BCUT2D eigenvalue weighted by Crippen LogP contribution is -2.08. The molecule has 0 aliphatic rings. The van der Waals surface area contributed by atoms with Gasteiger partial charge in [0, 0.05) is 22.2 Å². The van der Waals surface area contributed by atoms with Crippen molar-refractivity contribution >= 4 is 28.3 Å². The summed E-state index contributed by atoms with van der Waals surface area (Å²) < 4.78 is 17.7. The molecule has 0 atom stereocenters. The van der Waals surface area contributed by atoms with Crippen LogP contribution in [0.4, 0.5) is 0 Å². The number of hydrogen-bond donors (Lipinski definition) is 1. The second kappa shape index (κ2) is 8.98. The number of aromatic hydroxyl groups is 1. The summed E-state index contributed by atoms with van der Waals surface area (Å²) in [6, 6.07) is 22.8. The van der Waals surface area contributed by atoms with E-state index in [4.69, 9.17) is 25.8 Å². The molecule has 4 rings (SSSR count). The quantitative estimate of drug-likeness (QED) is 0.259. The molecule has 0 bridgehead atoms. The van der Waals surface area contributed by atoms with Crippen LogP contribution in [0.1, 0.15) is 13.3 Å². The van der Waals surface area contributed by atoms with Gasteiger partial charge in [0.05, 0.1) is 0 Å². The van der Waals surface area contributed by atoms with Crippen molar-refractivity contribution in [2.24, 2.45) is 0 Å². The highest BCUT2D eigenvalue weighted by Crippen LogP contribution is 2.53. The van der Waals surface area contributed by atoms with Crippen molar-refractivity contribution in [2.45, 2.75) is 13.3 Å². The third kappa shape index (κ3) is 4.42. The lowest BCUT2D eigenvalue weighted by atomic mass is 10.1. The third-order valence-corrected chi connectivity index (χ3v) is 4.77. The molecule has 0 saturated heterocycles. The fourth-order valence-electron chi connectivity index (χ4n) is 3.05. The topological polar surface area (TPSA) is 65.0 Å². The van der Waals surface area contributed by atoms with Crippen molar-refractivity contribution in [1.82, 2.24) is 0 Å². The van der Waals surface area contributed by atoms with Gasteiger partial charge < -0.3 is 19.3 Å². The minimum absolute atomic E-state index is 0.0173. The largest absolute Gasteiger partial charge is 0.504 e. The Kier molecular flexibility index (Phi) is 5.96. The number of fused-ring (bicyclic) bond motifs is 1. The van der Waals surface area contributed by atoms with Gasteiger partial charge in [-0.2, -0.15) is 0 Å². The number of phenols is 1. The Bertz CT molecular complexity index is 1220. The number of rotatable bonds is 6. The molecular weight excluding hydrogens is 416 g/mol. The molecular formula is C25H19ClO5. The number of benzene rings is 4. The summed E-state index contributed by atoms with van der Waals surface area (Å²) in [7, 11) is 0. The van der Waals surface area contributed by atoms with Gasteiger partial charge in [0.1, 0.15) is 11.5 Å². The Balaban J connectivity index is 1.99. The normalized spacial score (nSPS) is 10.6. The van der Waals surface area contributed by atoms with Gasteiger partial charge in [0.15, 0.2) is 11.5 Å². The maximum Gasteiger partial charge on any atom is 0.311 e. The first-order valence-corrected chi connectivity index (χ1v) is 10.1. The van der Waals surface area contributed by atoms with Gasteiger partial charge in [0.2, 0.25) is 11.5 Å². The average Bonchev–Trinajstić information content (AvgIpc) is 2.80. The Morgan fingerprint density at radius 1 is 0.806 bits per heavy atom. The Morgan fingerprint density at radius 3 is 1.97 bits per heavy atom. The minimum atomic E-state index is -0.453. The second-order valence-electron chi connectivity index (χ2n) is 6.68. The van der Waals surface area contributed by atoms with Crippen LogP contribution >= 0.6 is 11.6 Å². The Labute approximate surface area is 184 Å². The molecule has 0 amide bonds. The van der Waals surface area contributed by atoms with Crippen molar-refractivity contribution < 1.29 is 24.1 Å². The van der Waals surface area contributed by atoms with Gasteiger partial charge in [-0.05, 0) is 42.5 Å². The summed E-state index contributed by atoms with van der Waals surface area (Å²) in [5.41, 5.74) is 0. The van der Waals surface area contributed by atoms with Crippen LogP contribution in [0.2, 0.25) is 5.02 Å². The zero-order chi connectivity index (χ0) is 21.8. The number of carbonyl (C=O) groups excluding carboxylic acids is 1. The van der Waals surface area contributed by atoms with Gasteiger partial charge in [-0.25, -0.2) is 0 Å². The molecule has 4 aromatic rings. The predicted octanol–water partition coefficient (Wildman–Crippen LogP) is 7.10. The molecule has 5 nitrogen and oxygen atoms in total. The van der Waals surface area contributed by atoms with Gasteiger partial charge >= 0.3 is 5.97 Å². The Hall–Kier alpha value is -3.70. The molecule has 31 heavy (non-hydrogen) atoms. The zero-order valence-corrected chi connectivity index (χ0v) is 17.4. The number of carbonyl (C=O) groups is 1. The standard InChI is InChI=1S/C25H19ClO5/c1-2-21(27)31-23-19-14-13-16(26)15-20(19)22(28)24(29-17-9-5-3-6-10-17)25(23)30-18-11-7-4-8-12-18/h3-15,28H,2H2,1H3. The van der Waals surface area contributed by atoms with Crippen LogP contribution in [0.25, 0.3) is 10.8 Å². The highest BCUT2D eigenvalue weighted by molar-refractivity contribution is 6.31. The maximum atomic E-state index is 12.2. The minimum Gasteiger partial charge on any atom is -0.504 e. The van der Waals surface area contributed by atoms with E-state index in [2.05, 4.69) is 0 Å². The predicted molar refractivity (Wildman–Crippen MR) is 120 cm³/mol. The molecule has 0 radical (unpaired) electrons.